The number of ether oxygens (including phenoxy) is 1. The molecular formula is C15H22INO2. The maximum atomic E-state index is 12.2. The Morgan fingerprint density at radius 3 is 2.58 bits per heavy atom. The van der Waals surface area contributed by atoms with Crippen molar-refractivity contribution in [3.8, 4) is 5.75 Å². The fraction of sp³-hybridized carbons (Fsp3) is 0.533. The molecule has 3 nitrogen and oxygen atoms in total. The molecule has 1 heterocycles. The summed E-state index contributed by atoms with van der Waals surface area (Å²) >= 11 is 0. The van der Waals surface area contributed by atoms with Gasteiger partial charge in [-0.05, 0) is 50.7 Å². The third-order valence-electron chi connectivity index (χ3n) is 3.75. The van der Waals surface area contributed by atoms with Crippen LogP contribution in [0.1, 0.15) is 36.0 Å². The number of likely N-dealkylation sites (tertiary alicyclic amines) is 1. The molecule has 0 bridgehead atoms. The molecule has 1 aliphatic heterocycles. The van der Waals surface area contributed by atoms with Crippen LogP contribution in [0.15, 0.2) is 24.3 Å². The molecule has 1 atom stereocenters. The molecule has 1 aromatic carbocycles. The van der Waals surface area contributed by atoms with E-state index in [0.29, 0.717) is 12.5 Å². The molecule has 0 N–H and O–H groups in total. The van der Waals surface area contributed by atoms with E-state index >= 15 is 0 Å². The predicted molar refractivity (Wildman–Crippen MR) is 87.6 cm³/mol. The van der Waals surface area contributed by atoms with Gasteiger partial charge < -0.3 is 9.64 Å². The van der Waals surface area contributed by atoms with E-state index in [1.807, 2.05) is 24.3 Å². The number of ketones is 1. The number of halogens is 1. The number of Topliss-reactive ketones (excluding diaryl/α,β-unsaturated/α-hetero) is 1. The molecule has 106 valence electrons. The summed E-state index contributed by atoms with van der Waals surface area (Å²) in [6.45, 7) is 1.11. The van der Waals surface area contributed by atoms with Crippen molar-refractivity contribution >= 4 is 29.8 Å². The highest BCUT2D eigenvalue weighted by atomic mass is 127. The standard InChI is InChI=1S/C15H21NO2.HI/c1-16-10-4-3-5-13(16)11-15(17)12-6-8-14(18-2)9-7-12;/h6-9,13H,3-5,10-11H2,1-2H3;1H. The summed E-state index contributed by atoms with van der Waals surface area (Å²) in [5.74, 6) is 1.03. The maximum Gasteiger partial charge on any atom is 0.164 e. The quantitative estimate of drug-likeness (QED) is 0.597. The average Bonchev–Trinajstić information content (AvgIpc) is 2.41. The van der Waals surface area contributed by atoms with Crippen LogP contribution in [0.2, 0.25) is 0 Å². The van der Waals surface area contributed by atoms with E-state index in [0.717, 1.165) is 24.3 Å². The van der Waals surface area contributed by atoms with Crippen LogP contribution >= 0.6 is 24.0 Å². The lowest BCUT2D eigenvalue weighted by molar-refractivity contribution is 0.0906. The SMILES string of the molecule is COc1ccc(C(=O)CC2CCCCN2C)cc1.I. The minimum atomic E-state index is 0. The van der Waals surface area contributed by atoms with E-state index < -0.39 is 0 Å². The average molecular weight is 375 g/mol. The van der Waals surface area contributed by atoms with Crippen molar-refractivity contribution in [2.45, 2.75) is 31.7 Å². The van der Waals surface area contributed by atoms with Crippen LogP contribution in [0.5, 0.6) is 5.75 Å². The van der Waals surface area contributed by atoms with Crippen LogP contribution in [-0.4, -0.2) is 37.4 Å². The summed E-state index contributed by atoms with van der Waals surface area (Å²) < 4.78 is 5.10. The maximum absolute atomic E-state index is 12.2. The van der Waals surface area contributed by atoms with Gasteiger partial charge in [-0.2, -0.15) is 0 Å². The van der Waals surface area contributed by atoms with Gasteiger partial charge in [-0.15, -0.1) is 24.0 Å². The lowest BCUT2D eigenvalue weighted by Crippen LogP contribution is -2.37. The predicted octanol–water partition coefficient (Wildman–Crippen LogP) is 3.37. The first-order valence-electron chi connectivity index (χ1n) is 6.58. The topological polar surface area (TPSA) is 29.5 Å². The number of hydrogen-bond acceptors (Lipinski definition) is 3. The van der Waals surface area contributed by atoms with E-state index in [2.05, 4.69) is 11.9 Å². The Kier molecular flexibility index (Phi) is 6.79. The van der Waals surface area contributed by atoms with Gasteiger partial charge in [0, 0.05) is 18.0 Å². The molecule has 0 spiro atoms. The van der Waals surface area contributed by atoms with Crippen molar-refractivity contribution in [1.82, 2.24) is 4.90 Å². The molecule has 1 fully saturated rings. The van der Waals surface area contributed by atoms with Gasteiger partial charge in [0.25, 0.3) is 0 Å². The lowest BCUT2D eigenvalue weighted by atomic mass is 9.95. The van der Waals surface area contributed by atoms with Crippen LogP contribution in [0.3, 0.4) is 0 Å². The van der Waals surface area contributed by atoms with Gasteiger partial charge in [0.2, 0.25) is 0 Å². The fourth-order valence-corrected chi connectivity index (χ4v) is 2.51. The summed E-state index contributed by atoms with van der Waals surface area (Å²) in [4.78, 5) is 14.5. The molecule has 0 amide bonds. The molecule has 4 heteroatoms. The minimum absolute atomic E-state index is 0. The van der Waals surface area contributed by atoms with Crippen molar-refractivity contribution in [3.05, 3.63) is 29.8 Å². The molecular weight excluding hydrogens is 353 g/mol. The van der Waals surface area contributed by atoms with Crippen molar-refractivity contribution in [2.24, 2.45) is 0 Å². The number of rotatable bonds is 4. The highest BCUT2D eigenvalue weighted by Crippen LogP contribution is 2.20. The first-order chi connectivity index (χ1) is 8.70. The van der Waals surface area contributed by atoms with Crippen molar-refractivity contribution in [1.29, 1.82) is 0 Å². The van der Waals surface area contributed by atoms with Crippen LogP contribution in [0, 0.1) is 0 Å². The molecule has 0 radical (unpaired) electrons. The van der Waals surface area contributed by atoms with Crippen molar-refractivity contribution in [2.75, 3.05) is 20.7 Å². The van der Waals surface area contributed by atoms with Crippen LogP contribution in [0.4, 0.5) is 0 Å². The summed E-state index contributed by atoms with van der Waals surface area (Å²) in [7, 11) is 3.75. The third kappa shape index (κ3) is 4.45. The lowest BCUT2D eigenvalue weighted by Gasteiger charge is -2.31. The molecule has 19 heavy (non-hydrogen) atoms. The highest BCUT2D eigenvalue weighted by molar-refractivity contribution is 14.0. The van der Waals surface area contributed by atoms with E-state index in [4.69, 9.17) is 4.74 Å². The second-order valence-corrected chi connectivity index (χ2v) is 4.99. The molecule has 1 aromatic rings. The van der Waals surface area contributed by atoms with Gasteiger partial charge in [0.1, 0.15) is 5.75 Å². The summed E-state index contributed by atoms with van der Waals surface area (Å²) in [5.41, 5.74) is 0.787. The minimum Gasteiger partial charge on any atom is -0.497 e. The Bertz CT molecular complexity index is 405. The molecule has 0 saturated carbocycles. The number of hydrogen-bond donors (Lipinski definition) is 0. The molecule has 0 aliphatic carbocycles. The van der Waals surface area contributed by atoms with E-state index in [1.165, 1.54) is 12.8 Å². The first-order valence-corrected chi connectivity index (χ1v) is 6.58. The summed E-state index contributed by atoms with van der Waals surface area (Å²) in [6, 6.07) is 7.80. The Morgan fingerprint density at radius 2 is 2.00 bits per heavy atom. The number of methoxy groups -OCH3 is 1. The van der Waals surface area contributed by atoms with Crippen molar-refractivity contribution < 1.29 is 9.53 Å². The van der Waals surface area contributed by atoms with Crippen molar-refractivity contribution in [3.63, 3.8) is 0 Å². The number of benzene rings is 1. The summed E-state index contributed by atoms with van der Waals surface area (Å²) in [6.07, 6.45) is 4.26. The van der Waals surface area contributed by atoms with Gasteiger partial charge in [-0.3, -0.25) is 4.79 Å². The third-order valence-corrected chi connectivity index (χ3v) is 3.75. The van der Waals surface area contributed by atoms with Crippen LogP contribution < -0.4 is 4.74 Å². The van der Waals surface area contributed by atoms with Gasteiger partial charge in [0.15, 0.2) is 5.78 Å². The van der Waals surface area contributed by atoms with Crippen LogP contribution in [-0.2, 0) is 0 Å². The Labute approximate surface area is 132 Å². The highest BCUT2D eigenvalue weighted by Gasteiger charge is 2.22. The largest absolute Gasteiger partial charge is 0.497 e. The molecule has 2 rings (SSSR count). The fourth-order valence-electron chi connectivity index (χ4n) is 2.51. The monoisotopic (exact) mass is 375 g/mol. The van der Waals surface area contributed by atoms with Gasteiger partial charge in [-0.1, -0.05) is 6.42 Å². The zero-order valence-electron chi connectivity index (χ0n) is 11.6. The second kappa shape index (κ2) is 7.85. The van der Waals surface area contributed by atoms with Gasteiger partial charge >= 0.3 is 0 Å². The molecule has 1 unspecified atom stereocenters. The Balaban J connectivity index is 0.00000180. The number of nitrogens with zero attached hydrogens (tertiary/aromatic N) is 1. The number of carbonyl (C=O) groups is 1. The zero-order valence-corrected chi connectivity index (χ0v) is 13.9. The number of piperidine rings is 1. The second-order valence-electron chi connectivity index (χ2n) is 4.99. The van der Waals surface area contributed by atoms with Gasteiger partial charge in [0.05, 0.1) is 7.11 Å². The normalized spacial score (nSPS) is 19.6. The van der Waals surface area contributed by atoms with Crippen LogP contribution in [0.25, 0.3) is 0 Å². The molecule has 1 aliphatic rings. The Hall–Kier alpha value is -0.620. The van der Waals surface area contributed by atoms with E-state index in [1.54, 1.807) is 7.11 Å². The zero-order chi connectivity index (χ0) is 13.0. The van der Waals surface area contributed by atoms with E-state index in [-0.39, 0.29) is 29.8 Å². The summed E-state index contributed by atoms with van der Waals surface area (Å²) in [5, 5.41) is 0. The Morgan fingerprint density at radius 1 is 1.32 bits per heavy atom. The van der Waals surface area contributed by atoms with E-state index in [9.17, 15) is 4.79 Å². The molecule has 1 saturated heterocycles. The molecule has 0 aromatic heterocycles. The first kappa shape index (κ1) is 16.4. The number of carbonyl (C=O) groups excluding carboxylic acids is 1. The van der Waals surface area contributed by atoms with Gasteiger partial charge in [-0.25, -0.2) is 0 Å². The smallest absolute Gasteiger partial charge is 0.164 e.